The van der Waals surface area contributed by atoms with Crippen LogP contribution in [-0.2, 0) is 19.4 Å². The van der Waals surface area contributed by atoms with Gasteiger partial charge in [-0.25, -0.2) is 4.79 Å². The molecule has 6 nitrogen and oxygen atoms in total. The fourth-order valence-electron chi connectivity index (χ4n) is 3.56. The first-order valence-electron chi connectivity index (χ1n) is 10.2. The predicted octanol–water partition coefficient (Wildman–Crippen LogP) is 3.18. The van der Waals surface area contributed by atoms with Crippen LogP contribution in [0.25, 0.3) is 0 Å². The summed E-state index contributed by atoms with van der Waals surface area (Å²) in [4.78, 5) is 26.7. The Hall–Kier alpha value is -2.86. The van der Waals surface area contributed by atoms with Gasteiger partial charge in [0.05, 0.1) is 0 Å². The highest BCUT2D eigenvalue weighted by atomic mass is 16.2. The van der Waals surface area contributed by atoms with Crippen LogP contribution in [0, 0.1) is 0 Å². The first-order chi connectivity index (χ1) is 14.0. The molecule has 1 aliphatic rings. The van der Waals surface area contributed by atoms with Gasteiger partial charge in [-0.05, 0) is 74.7 Å². The minimum Gasteiger partial charge on any atom is -0.351 e. The number of aryl methyl sites for hydroxylation is 1. The monoisotopic (exact) mass is 394 g/mol. The van der Waals surface area contributed by atoms with E-state index in [9.17, 15) is 9.59 Å². The van der Waals surface area contributed by atoms with Crippen LogP contribution in [0.2, 0.25) is 0 Å². The molecule has 3 N–H and O–H groups in total. The quantitative estimate of drug-likeness (QED) is 0.675. The summed E-state index contributed by atoms with van der Waals surface area (Å²) in [7, 11) is 3.93. The first kappa shape index (κ1) is 20.9. The Morgan fingerprint density at radius 3 is 2.62 bits per heavy atom. The number of benzene rings is 2. The molecule has 0 bridgehead atoms. The van der Waals surface area contributed by atoms with Crippen LogP contribution in [0.15, 0.2) is 42.5 Å². The van der Waals surface area contributed by atoms with E-state index in [4.69, 9.17) is 0 Å². The maximum atomic E-state index is 12.4. The topological polar surface area (TPSA) is 73.5 Å². The molecule has 3 rings (SSSR count). The summed E-state index contributed by atoms with van der Waals surface area (Å²) in [5.41, 5.74) is 4.97. The zero-order valence-corrected chi connectivity index (χ0v) is 17.3. The van der Waals surface area contributed by atoms with E-state index < -0.39 is 0 Å². The van der Waals surface area contributed by atoms with Crippen molar-refractivity contribution in [1.29, 1.82) is 0 Å². The molecule has 0 fully saturated rings. The molecule has 0 aliphatic heterocycles. The van der Waals surface area contributed by atoms with Crippen LogP contribution in [0.5, 0.6) is 0 Å². The van der Waals surface area contributed by atoms with Crippen molar-refractivity contribution in [1.82, 2.24) is 15.5 Å². The molecule has 6 heteroatoms. The third-order valence-electron chi connectivity index (χ3n) is 5.13. The minimum absolute atomic E-state index is 0.103. The van der Waals surface area contributed by atoms with Crippen molar-refractivity contribution in [3.63, 3.8) is 0 Å². The second-order valence-corrected chi connectivity index (χ2v) is 7.72. The SMILES string of the molecule is CN(C)CCNC(=O)c1cccc(CNC(=O)Nc2cccc3c2CCCC3)c1. The summed E-state index contributed by atoms with van der Waals surface area (Å²) in [6.07, 6.45) is 4.46. The van der Waals surface area contributed by atoms with E-state index in [2.05, 4.69) is 22.0 Å². The normalized spacial score (nSPS) is 12.9. The summed E-state index contributed by atoms with van der Waals surface area (Å²) in [6.45, 7) is 1.74. The number of amides is 3. The predicted molar refractivity (Wildman–Crippen MR) is 116 cm³/mol. The molecule has 0 heterocycles. The molecule has 2 aromatic rings. The fourth-order valence-corrected chi connectivity index (χ4v) is 3.56. The van der Waals surface area contributed by atoms with Crippen LogP contribution in [0.4, 0.5) is 10.5 Å². The van der Waals surface area contributed by atoms with Gasteiger partial charge in [0.2, 0.25) is 0 Å². The fraction of sp³-hybridized carbons (Fsp3) is 0.391. The van der Waals surface area contributed by atoms with Gasteiger partial charge < -0.3 is 20.9 Å². The van der Waals surface area contributed by atoms with E-state index in [1.165, 1.54) is 17.5 Å². The van der Waals surface area contributed by atoms with Crippen molar-refractivity contribution in [2.75, 3.05) is 32.5 Å². The average molecular weight is 395 g/mol. The van der Waals surface area contributed by atoms with E-state index in [0.29, 0.717) is 18.7 Å². The summed E-state index contributed by atoms with van der Waals surface area (Å²) < 4.78 is 0. The molecular weight excluding hydrogens is 364 g/mol. The highest BCUT2D eigenvalue weighted by Gasteiger charge is 2.14. The molecule has 0 unspecified atom stereocenters. The van der Waals surface area contributed by atoms with E-state index in [1.54, 1.807) is 6.07 Å². The molecule has 154 valence electrons. The van der Waals surface area contributed by atoms with E-state index >= 15 is 0 Å². The number of hydrogen-bond acceptors (Lipinski definition) is 3. The number of urea groups is 1. The maximum absolute atomic E-state index is 12.4. The lowest BCUT2D eigenvalue weighted by Gasteiger charge is -2.19. The number of likely N-dealkylation sites (N-methyl/N-ethyl adjacent to an activating group) is 1. The average Bonchev–Trinajstić information content (AvgIpc) is 2.72. The molecule has 0 aromatic heterocycles. The smallest absolute Gasteiger partial charge is 0.319 e. The Morgan fingerprint density at radius 2 is 1.79 bits per heavy atom. The Bertz CT molecular complexity index is 864. The van der Waals surface area contributed by atoms with E-state index in [0.717, 1.165) is 37.1 Å². The van der Waals surface area contributed by atoms with Gasteiger partial charge in [-0.2, -0.15) is 0 Å². The van der Waals surface area contributed by atoms with E-state index in [-0.39, 0.29) is 11.9 Å². The Morgan fingerprint density at radius 1 is 1.00 bits per heavy atom. The highest BCUT2D eigenvalue weighted by Crippen LogP contribution is 2.27. The summed E-state index contributed by atoms with van der Waals surface area (Å²) >= 11 is 0. The summed E-state index contributed by atoms with van der Waals surface area (Å²) in [5.74, 6) is -0.103. The molecule has 1 aliphatic carbocycles. The van der Waals surface area contributed by atoms with E-state index in [1.807, 2.05) is 49.3 Å². The lowest BCUT2D eigenvalue weighted by atomic mass is 9.90. The number of fused-ring (bicyclic) bond motifs is 1. The molecule has 29 heavy (non-hydrogen) atoms. The van der Waals surface area contributed by atoms with Gasteiger partial charge in [-0.15, -0.1) is 0 Å². The Balaban J connectivity index is 1.54. The first-order valence-corrected chi connectivity index (χ1v) is 10.2. The molecule has 0 spiro atoms. The molecule has 0 radical (unpaired) electrons. The third kappa shape index (κ3) is 6.06. The minimum atomic E-state index is -0.232. The lowest BCUT2D eigenvalue weighted by Crippen LogP contribution is -2.31. The van der Waals surface area contributed by atoms with Gasteiger partial charge in [0.15, 0.2) is 0 Å². The van der Waals surface area contributed by atoms with Crippen molar-refractivity contribution >= 4 is 17.6 Å². The highest BCUT2D eigenvalue weighted by molar-refractivity contribution is 5.94. The lowest BCUT2D eigenvalue weighted by molar-refractivity contribution is 0.0951. The van der Waals surface area contributed by atoms with Crippen LogP contribution in [-0.4, -0.2) is 44.0 Å². The number of anilines is 1. The number of nitrogens with zero attached hydrogens (tertiary/aromatic N) is 1. The summed E-state index contributed by atoms with van der Waals surface area (Å²) in [6, 6.07) is 13.2. The van der Waals surface area contributed by atoms with Crippen LogP contribution >= 0.6 is 0 Å². The molecule has 0 saturated carbocycles. The Kier molecular flexibility index (Phi) is 7.25. The number of hydrogen-bond donors (Lipinski definition) is 3. The van der Waals surface area contributed by atoms with Crippen molar-refractivity contribution < 1.29 is 9.59 Å². The van der Waals surface area contributed by atoms with Crippen LogP contribution in [0.3, 0.4) is 0 Å². The third-order valence-corrected chi connectivity index (χ3v) is 5.13. The maximum Gasteiger partial charge on any atom is 0.319 e. The van der Waals surface area contributed by atoms with Gasteiger partial charge in [-0.3, -0.25) is 4.79 Å². The van der Waals surface area contributed by atoms with Gasteiger partial charge >= 0.3 is 6.03 Å². The van der Waals surface area contributed by atoms with Gasteiger partial charge in [0, 0.05) is 30.9 Å². The number of rotatable bonds is 7. The van der Waals surface area contributed by atoms with Crippen molar-refractivity contribution in [3.05, 3.63) is 64.7 Å². The summed E-state index contributed by atoms with van der Waals surface area (Å²) in [5, 5.41) is 8.78. The number of carbonyl (C=O) groups excluding carboxylic acids is 2. The molecule has 3 amide bonds. The molecule has 0 atom stereocenters. The zero-order chi connectivity index (χ0) is 20.6. The van der Waals surface area contributed by atoms with Gasteiger partial charge in [0.25, 0.3) is 5.91 Å². The van der Waals surface area contributed by atoms with Crippen LogP contribution in [0.1, 0.15) is 39.9 Å². The van der Waals surface area contributed by atoms with Crippen molar-refractivity contribution in [2.24, 2.45) is 0 Å². The number of nitrogens with one attached hydrogen (secondary N) is 3. The molecule has 2 aromatic carbocycles. The number of carbonyl (C=O) groups is 2. The second-order valence-electron chi connectivity index (χ2n) is 7.72. The van der Waals surface area contributed by atoms with Gasteiger partial charge in [-0.1, -0.05) is 24.3 Å². The van der Waals surface area contributed by atoms with Crippen molar-refractivity contribution in [2.45, 2.75) is 32.2 Å². The largest absolute Gasteiger partial charge is 0.351 e. The van der Waals surface area contributed by atoms with Crippen LogP contribution < -0.4 is 16.0 Å². The zero-order valence-electron chi connectivity index (χ0n) is 17.3. The molecular formula is C23H30N4O2. The van der Waals surface area contributed by atoms with Crippen molar-refractivity contribution in [3.8, 4) is 0 Å². The second kappa shape index (κ2) is 10.1. The molecule has 0 saturated heterocycles. The Labute approximate surface area is 172 Å². The van der Waals surface area contributed by atoms with Gasteiger partial charge in [0.1, 0.15) is 0 Å². The standard InChI is InChI=1S/C23H30N4O2/c1-27(2)14-13-24-22(28)19-10-5-7-17(15-19)16-25-23(29)26-21-12-6-9-18-8-3-4-11-20(18)21/h5-7,9-10,12,15H,3-4,8,11,13-14,16H2,1-2H3,(H,24,28)(H2,25,26,29).